The number of nitrogens with zero attached hydrogens (tertiary/aromatic N) is 4. The summed E-state index contributed by atoms with van der Waals surface area (Å²) in [6, 6.07) is 7.63. The van der Waals surface area contributed by atoms with Crippen molar-refractivity contribution in [1.29, 1.82) is 0 Å². The lowest BCUT2D eigenvalue weighted by molar-refractivity contribution is 0.0520. The fourth-order valence-electron chi connectivity index (χ4n) is 2.04. The first kappa shape index (κ1) is 13.0. The van der Waals surface area contributed by atoms with Crippen molar-refractivity contribution in [2.24, 2.45) is 0 Å². The van der Waals surface area contributed by atoms with Gasteiger partial charge in [-0.25, -0.2) is 9.48 Å². The number of carbonyl (C=O) groups excluding carboxylic acids is 1. The third-order valence-corrected chi connectivity index (χ3v) is 2.98. The zero-order chi connectivity index (χ0) is 14.8. The van der Waals surface area contributed by atoms with Gasteiger partial charge in [0.2, 0.25) is 0 Å². The van der Waals surface area contributed by atoms with Crippen molar-refractivity contribution in [2.45, 2.75) is 6.92 Å². The van der Waals surface area contributed by atoms with Gasteiger partial charge in [0, 0.05) is 10.8 Å². The van der Waals surface area contributed by atoms with Gasteiger partial charge in [-0.05, 0) is 6.92 Å². The third-order valence-electron chi connectivity index (χ3n) is 2.98. The Hall–Kier alpha value is -2.96. The molecule has 0 spiro atoms. The molecule has 0 unspecified atom stereocenters. The number of nitrogens with two attached hydrogens (primary N) is 1. The van der Waals surface area contributed by atoms with Gasteiger partial charge in [0.05, 0.1) is 24.7 Å². The van der Waals surface area contributed by atoms with Crippen molar-refractivity contribution in [3.63, 3.8) is 0 Å². The van der Waals surface area contributed by atoms with Crippen molar-refractivity contribution >= 4 is 22.4 Å². The molecule has 106 valence electrons. The van der Waals surface area contributed by atoms with Crippen molar-refractivity contribution in [1.82, 2.24) is 20.0 Å². The summed E-state index contributed by atoms with van der Waals surface area (Å²) in [6.07, 6.45) is 3.20. The maximum Gasteiger partial charge on any atom is 0.361 e. The van der Waals surface area contributed by atoms with Gasteiger partial charge in [-0.3, -0.25) is 0 Å². The topological polar surface area (TPSA) is 95.9 Å². The molecule has 7 heteroatoms. The Balaban J connectivity index is 2.12. The lowest BCUT2D eigenvalue weighted by Gasteiger charge is -2.03. The highest BCUT2D eigenvalue weighted by atomic mass is 16.5. The lowest BCUT2D eigenvalue weighted by Crippen LogP contribution is -2.09. The first-order chi connectivity index (χ1) is 10.2. The number of esters is 1. The van der Waals surface area contributed by atoms with Gasteiger partial charge in [0.15, 0.2) is 11.5 Å². The summed E-state index contributed by atoms with van der Waals surface area (Å²) in [6.45, 7) is 1.99. The van der Waals surface area contributed by atoms with E-state index in [2.05, 4.69) is 15.3 Å². The Morgan fingerprint density at radius 3 is 3.00 bits per heavy atom. The summed E-state index contributed by atoms with van der Waals surface area (Å²) in [4.78, 5) is 11.8. The van der Waals surface area contributed by atoms with E-state index in [0.29, 0.717) is 5.82 Å². The number of aromatic nitrogens is 4. The summed E-state index contributed by atoms with van der Waals surface area (Å²) in [5.74, 6) is -0.0442. The molecule has 2 N–H and O–H groups in total. The van der Waals surface area contributed by atoms with Crippen LogP contribution in [0, 0.1) is 0 Å². The molecule has 0 saturated heterocycles. The molecule has 0 amide bonds. The van der Waals surface area contributed by atoms with E-state index >= 15 is 0 Å². The number of carbonyl (C=O) groups is 1. The van der Waals surface area contributed by atoms with Gasteiger partial charge in [-0.15, -0.1) is 5.10 Å². The van der Waals surface area contributed by atoms with Gasteiger partial charge >= 0.3 is 5.97 Å². The molecule has 0 aliphatic rings. The van der Waals surface area contributed by atoms with Crippen LogP contribution in [0.3, 0.4) is 0 Å². The number of ether oxygens (including phenoxy) is 1. The normalized spacial score (nSPS) is 10.7. The Kier molecular flexibility index (Phi) is 3.23. The molecule has 0 fully saturated rings. The van der Waals surface area contributed by atoms with Crippen molar-refractivity contribution in [2.75, 3.05) is 12.3 Å². The first-order valence-electron chi connectivity index (χ1n) is 6.43. The highest BCUT2D eigenvalue weighted by Crippen LogP contribution is 2.20. The molecular weight excluding hydrogens is 270 g/mol. The van der Waals surface area contributed by atoms with Crippen LogP contribution in [0.15, 0.2) is 36.7 Å². The summed E-state index contributed by atoms with van der Waals surface area (Å²) in [5.41, 5.74) is 6.14. The summed E-state index contributed by atoms with van der Waals surface area (Å²) < 4.78 is 6.36. The number of nitrogen functional groups attached to an aromatic ring is 1. The minimum absolute atomic E-state index is 0.0755. The molecule has 3 rings (SSSR count). The van der Waals surface area contributed by atoms with Crippen LogP contribution in [0.25, 0.3) is 16.6 Å². The zero-order valence-corrected chi connectivity index (χ0v) is 11.4. The molecule has 0 aliphatic heterocycles. The molecule has 0 aliphatic carbocycles. The first-order valence-corrected chi connectivity index (χ1v) is 6.43. The molecule has 0 bridgehead atoms. The molecule has 0 saturated carbocycles. The van der Waals surface area contributed by atoms with Crippen LogP contribution in [0.1, 0.15) is 17.4 Å². The quantitative estimate of drug-likeness (QED) is 0.733. The molecular formula is C14H13N5O2. The van der Waals surface area contributed by atoms with Gasteiger partial charge < -0.3 is 10.5 Å². The largest absolute Gasteiger partial charge is 0.461 e. The summed E-state index contributed by atoms with van der Waals surface area (Å²) >= 11 is 0. The minimum atomic E-state index is -0.554. The van der Waals surface area contributed by atoms with Gasteiger partial charge in [-0.2, -0.15) is 10.2 Å². The number of anilines is 1. The monoisotopic (exact) mass is 283 g/mol. The van der Waals surface area contributed by atoms with Crippen molar-refractivity contribution in [3.05, 3.63) is 42.4 Å². The van der Waals surface area contributed by atoms with E-state index in [0.717, 1.165) is 10.8 Å². The van der Waals surface area contributed by atoms with Crippen molar-refractivity contribution < 1.29 is 9.53 Å². The summed E-state index contributed by atoms with van der Waals surface area (Å²) in [5, 5.41) is 14.0. The highest BCUT2D eigenvalue weighted by Gasteiger charge is 2.18. The molecule has 2 heterocycles. The van der Waals surface area contributed by atoms with E-state index in [1.807, 2.05) is 24.3 Å². The molecule has 2 aromatic heterocycles. The maximum atomic E-state index is 11.8. The van der Waals surface area contributed by atoms with Crippen LogP contribution in [-0.4, -0.2) is 32.6 Å². The van der Waals surface area contributed by atoms with E-state index in [1.54, 1.807) is 13.1 Å². The smallest absolute Gasteiger partial charge is 0.361 e. The highest BCUT2D eigenvalue weighted by molar-refractivity contribution is 5.93. The molecule has 0 atom stereocenters. The number of rotatable bonds is 3. The predicted octanol–water partition coefficient (Wildman–Crippen LogP) is 1.57. The second-order valence-electron chi connectivity index (χ2n) is 4.35. The fourth-order valence-corrected chi connectivity index (χ4v) is 2.04. The van der Waals surface area contributed by atoms with Gasteiger partial charge in [0.1, 0.15) is 0 Å². The van der Waals surface area contributed by atoms with Gasteiger partial charge in [-0.1, -0.05) is 24.3 Å². The van der Waals surface area contributed by atoms with Crippen molar-refractivity contribution in [3.8, 4) is 5.82 Å². The SMILES string of the molecule is CCOC(=O)c1nn(-c2nncc3ccccc23)cc1N. The number of benzene rings is 1. The van der Waals surface area contributed by atoms with E-state index in [4.69, 9.17) is 10.5 Å². The zero-order valence-electron chi connectivity index (χ0n) is 11.4. The number of hydrogen-bond donors (Lipinski definition) is 1. The van der Waals surface area contributed by atoms with Crippen LogP contribution in [0.5, 0.6) is 0 Å². The number of hydrogen-bond acceptors (Lipinski definition) is 6. The molecule has 1 aromatic carbocycles. The molecule has 7 nitrogen and oxygen atoms in total. The lowest BCUT2D eigenvalue weighted by atomic mass is 10.2. The average Bonchev–Trinajstić information content (AvgIpc) is 2.89. The van der Waals surface area contributed by atoms with Crippen LogP contribution >= 0.6 is 0 Å². The standard InChI is InChI=1S/C14H13N5O2/c1-2-21-14(20)12-11(15)8-19(18-12)13-10-6-4-3-5-9(10)7-16-17-13/h3-8H,2,15H2,1H3. The summed E-state index contributed by atoms with van der Waals surface area (Å²) in [7, 11) is 0. The average molecular weight is 283 g/mol. The fraction of sp³-hybridized carbons (Fsp3) is 0.143. The van der Waals surface area contributed by atoms with E-state index in [-0.39, 0.29) is 18.0 Å². The molecule has 0 radical (unpaired) electrons. The van der Waals surface area contributed by atoms with Crippen LogP contribution in [0.4, 0.5) is 5.69 Å². The Labute approximate surface area is 120 Å². The maximum absolute atomic E-state index is 11.8. The number of fused-ring (bicyclic) bond motifs is 1. The molecule has 21 heavy (non-hydrogen) atoms. The van der Waals surface area contributed by atoms with Crippen LogP contribution in [0.2, 0.25) is 0 Å². The second-order valence-corrected chi connectivity index (χ2v) is 4.35. The Morgan fingerprint density at radius 2 is 2.19 bits per heavy atom. The Morgan fingerprint density at radius 1 is 1.38 bits per heavy atom. The Bertz CT molecular complexity index is 807. The van der Waals surface area contributed by atoms with Crippen LogP contribution < -0.4 is 5.73 Å². The third kappa shape index (κ3) is 2.29. The van der Waals surface area contributed by atoms with E-state index < -0.39 is 5.97 Å². The van der Waals surface area contributed by atoms with E-state index in [9.17, 15) is 4.79 Å². The molecule has 3 aromatic rings. The van der Waals surface area contributed by atoms with E-state index in [1.165, 1.54) is 10.9 Å². The van der Waals surface area contributed by atoms with Crippen LogP contribution in [-0.2, 0) is 4.74 Å². The predicted molar refractivity (Wildman–Crippen MR) is 77.0 cm³/mol. The minimum Gasteiger partial charge on any atom is -0.461 e. The second kappa shape index (κ2) is 5.20. The van der Waals surface area contributed by atoms with Gasteiger partial charge in [0.25, 0.3) is 0 Å².